The third-order valence-corrected chi connectivity index (χ3v) is 6.70. The number of benzene rings is 1. The zero-order valence-corrected chi connectivity index (χ0v) is 17.5. The number of hydrogen-bond donors (Lipinski definition) is 1. The van der Waals surface area contributed by atoms with Gasteiger partial charge in [-0.2, -0.15) is 0 Å². The summed E-state index contributed by atoms with van der Waals surface area (Å²) in [6, 6.07) is 6.07. The van der Waals surface area contributed by atoms with E-state index in [1.807, 2.05) is 12.1 Å². The molecule has 28 heavy (non-hydrogen) atoms. The summed E-state index contributed by atoms with van der Waals surface area (Å²) in [5.41, 5.74) is 7.28. The summed E-state index contributed by atoms with van der Waals surface area (Å²) >= 11 is 0. The van der Waals surface area contributed by atoms with E-state index >= 15 is 0 Å². The van der Waals surface area contributed by atoms with Gasteiger partial charge in [-0.25, -0.2) is 4.99 Å². The fourth-order valence-electron chi connectivity index (χ4n) is 5.84. The van der Waals surface area contributed by atoms with Gasteiger partial charge in [-0.3, -0.25) is 0 Å². The molecule has 1 saturated carbocycles. The maximum atomic E-state index is 8.90. The maximum absolute atomic E-state index is 8.90. The molecule has 0 bridgehead atoms. The summed E-state index contributed by atoms with van der Waals surface area (Å²) in [6.45, 7) is 6.48. The van der Waals surface area contributed by atoms with E-state index in [-0.39, 0.29) is 29.9 Å². The molecule has 1 heterocycles. The van der Waals surface area contributed by atoms with Gasteiger partial charge in [-0.15, -0.1) is 0 Å². The first-order valence-corrected chi connectivity index (χ1v) is 10.3. The highest BCUT2D eigenvalue weighted by Gasteiger charge is 2.63. The van der Waals surface area contributed by atoms with Crippen molar-refractivity contribution in [1.82, 2.24) is 0 Å². The number of amidine groups is 1. The zero-order chi connectivity index (χ0) is 21.9. The SMILES string of the molecule is [2H]C1([2H])OC(N)=NC12c1cc(C#CC(C)C)ccc1CC21C[C@@H](C)C(OC)[C@@H](C)C1. The van der Waals surface area contributed by atoms with Crippen LogP contribution in [-0.2, 0) is 21.4 Å². The Bertz CT molecular complexity index is 934. The lowest BCUT2D eigenvalue weighted by Gasteiger charge is -2.50. The number of ether oxygens (including phenoxy) is 2. The molecule has 1 aromatic rings. The second-order valence-corrected chi connectivity index (χ2v) is 9.18. The first-order chi connectivity index (χ1) is 14.0. The number of rotatable bonds is 1. The summed E-state index contributed by atoms with van der Waals surface area (Å²) in [4.78, 5) is 4.75. The highest BCUT2D eigenvalue weighted by atomic mass is 16.5. The topological polar surface area (TPSA) is 56.8 Å². The number of nitrogens with zero attached hydrogens (tertiary/aromatic N) is 1. The molecule has 1 fully saturated rings. The molecule has 0 radical (unpaired) electrons. The summed E-state index contributed by atoms with van der Waals surface area (Å²) in [5, 5.41) is 0. The molecule has 3 unspecified atom stereocenters. The minimum Gasteiger partial charge on any atom is -0.462 e. The van der Waals surface area contributed by atoms with Crippen molar-refractivity contribution in [1.29, 1.82) is 0 Å². The number of fused-ring (bicyclic) bond motifs is 3. The van der Waals surface area contributed by atoms with Crippen molar-refractivity contribution in [3.8, 4) is 11.8 Å². The van der Waals surface area contributed by atoms with Gasteiger partial charge in [0, 0.05) is 24.0 Å². The molecular weight excluding hydrogens is 348 g/mol. The van der Waals surface area contributed by atoms with Crippen LogP contribution in [-0.4, -0.2) is 25.8 Å². The van der Waals surface area contributed by atoms with Gasteiger partial charge < -0.3 is 15.2 Å². The molecule has 0 saturated heterocycles. The van der Waals surface area contributed by atoms with Crippen LogP contribution in [0.5, 0.6) is 0 Å². The van der Waals surface area contributed by atoms with Crippen molar-refractivity contribution < 1.29 is 12.2 Å². The third-order valence-electron chi connectivity index (χ3n) is 6.70. The zero-order valence-electron chi connectivity index (χ0n) is 19.5. The largest absolute Gasteiger partial charge is 0.462 e. The third kappa shape index (κ3) is 2.83. The van der Waals surface area contributed by atoms with E-state index in [4.69, 9.17) is 22.9 Å². The van der Waals surface area contributed by atoms with Crippen molar-refractivity contribution in [2.75, 3.05) is 13.7 Å². The van der Waals surface area contributed by atoms with E-state index in [2.05, 4.69) is 45.6 Å². The predicted molar refractivity (Wildman–Crippen MR) is 112 cm³/mol. The summed E-state index contributed by atoms with van der Waals surface area (Å²) in [6.07, 6.45) is 2.51. The first-order valence-electron chi connectivity index (χ1n) is 11.3. The van der Waals surface area contributed by atoms with Crippen LogP contribution >= 0.6 is 0 Å². The number of nitrogens with two attached hydrogens (primary N) is 1. The molecule has 4 heteroatoms. The first kappa shape index (κ1) is 16.9. The number of aliphatic imine (C=N–C) groups is 1. The minimum atomic E-state index is -2.02. The van der Waals surface area contributed by atoms with Gasteiger partial charge in [0.05, 0.1) is 8.85 Å². The fourth-order valence-corrected chi connectivity index (χ4v) is 5.84. The minimum absolute atomic E-state index is 0.0694. The van der Waals surface area contributed by atoms with Gasteiger partial charge in [0.2, 0.25) is 0 Å². The number of hydrogen-bond acceptors (Lipinski definition) is 4. The molecule has 150 valence electrons. The Kier molecular flexibility index (Phi) is 4.12. The normalized spacial score (nSPS) is 39.1. The average Bonchev–Trinajstić information content (AvgIpc) is 3.04. The van der Waals surface area contributed by atoms with E-state index in [0.717, 1.165) is 36.0 Å². The average molecular weight is 383 g/mol. The van der Waals surface area contributed by atoms with Gasteiger partial charge in [-0.1, -0.05) is 45.6 Å². The second-order valence-electron chi connectivity index (χ2n) is 9.18. The van der Waals surface area contributed by atoms with Gasteiger partial charge in [-0.05, 0) is 54.4 Å². The molecule has 0 aromatic heterocycles. The fraction of sp³-hybridized carbons (Fsp3) is 0.625. The maximum Gasteiger partial charge on any atom is 0.283 e. The second kappa shape index (κ2) is 6.81. The quantitative estimate of drug-likeness (QED) is 0.751. The standard InChI is InChI=1S/C24H32N2O2/c1-15(2)6-7-18-8-9-19-13-23(11-16(3)21(27-5)17(4)12-23)24(20(19)10-18)14-28-22(25)26-24/h8-10,15-17,21H,11-14H2,1-5H3,(H2,25,26)/t16-,17+,21?,23?,24?/i14D2. The van der Waals surface area contributed by atoms with Crippen molar-refractivity contribution in [3.05, 3.63) is 34.9 Å². The Labute approximate surface area is 171 Å². The van der Waals surface area contributed by atoms with Gasteiger partial charge in [0.25, 0.3) is 6.02 Å². The van der Waals surface area contributed by atoms with E-state index in [1.165, 1.54) is 0 Å². The van der Waals surface area contributed by atoms with Crippen molar-refractivity contribution in [3.63, 3.8) is 0 Å². The summed E-state index contributed by atoms with van der Waals surface area (Å²) in [5.74, 6) is 7.25. The molecule has 2 spiro atoms. The van der Waals surface area contributed by atoms with Crippen molar-refractivity contribution in [2.24, 2.45) is 33.9 Å². The van der Waals surface area contributed by atoms with Crippen molar-refractivity contribution in [2.45, 2.75) is 58.6 Å². The Morgan fingerprint density at radius 1 is 1.32 bits per heavy atom. The van der Waals surface area contributed by atoms with Crippen LogP contribution in [0.3, 0.4) is 0 Å². The van der Waals surface area contributed by atoms with Crippen LogP contribution in [0, 0.1) is 35.0 Å². The van der Waals surface area contributed by atoms with E-state index in [9.17, 15) is 0 Å². The molecule has 1 aromatic carbocycles. The molecule has 2 aliphatic carbocycles. The molecular formula is C24H32N2O2. The lowest BCUT2D eigenvalue weighted by atomic mass is 9.57. The predicted octanol–water partition coefficient (Wildman–Crippen LogP) is 3.86. The molecule has 4 rings (SSSR count). The van der Waals surface area contributed by atoms with Crippen LogP contribution < -0.4 is 5.73 Å². The van der Waals surface area contributed by atoms with Crippen molar-refractivity contribution >= 4 is 6.02 Å². The molecule has 3 aliphatic rings. The van der Waals surface area contributed by atoms with E-state index in [0.29, 0.717) is 0 Å². The number of methoxy groups -OCH3 is 1. The Hall–Kier alpha value is -1.99. The van der Waals surface area contributed by atoms with Crippen LogP contribution in [0.1, 0.15) is 60.0 Å². The Morgan fingerprint density at radius 2 is 2.04 bits per heavy atom. The summed E-state index contributed by atoms with van der Waals surface area (Å²) < 4.78 is 29.1. The highest BCUT2D eigenvalue weighted by Crippen LogP contribution is 2.62. The molecule has 5 atom stereocenters. The van der Waals surface area contributed by atoms with Gasteiger partial charge >= 0.3 is 0 Å². The molecule has 1 aliphatic heterocycles. The van der Waals surface area contributed by atoms with Crippen LogP contribution in [0.4, 0.5) is 0 Å². The van der Waals surface area contributed by atoms with Crippen LogP contribution in [0.25, 0.3) is 0 Å². The van der Waals surface area contributed by atoms with E-state index < -0.39 is 17.5 Å². The highest BCUT2D eigenvalue weighted by molar-refractivity contribution is 5.75. The van der Waals surface area contributed by atoms with Crippen LogP contribution in [0.15, 0.2) is 23.2 Å². The van der Waals surface area contributed by atoms with E-state index in [1.54, 1.807) is 7.11 Å². The smallest absolute Gasteiger partial charge is 0.283 e. The van der Waals surface area contributed by atoms with Gasteiger partial charge in [0.15, 0.2) is 0 Å². The summed E-state index contributed by atoms with van der Waals surface area (Å²) in [7, 11) is 1.77. The Balaban J connectivity index is 1.91. The molecule has 0 amide bonds. The van der Waals surface area contributed by atoms with Crippen LogP contribution in [0.2, 0.25) is 0 Å². The Morgan fingerprint density at radius 3 is 2.61 bits per heavy atom. The lowest BCUT2D eigenvalue weighted by molar-refractivity contribution is -0.0779. The lowest BCUT2D eigenvalue weighted by Crippen LogP contribution is -2.51. The molecule has 4 nitrogen and oxygen atoms in total. The molecule has 2 N–H and O–H groups in total. The van der Waals surface area contributed by atoms with Gasteiger partial charge in [0.1, 0.15) is 12.1 Å². The monoisotopic (exact) mass is 382 g/mol.